The maximum Gasteiger partial charge on any atom is 0.336 e. The van der Waals surface area contributed by atoms with Gasteiger partial charge in [-0.1, -0.05) is 0 Å². The third-order valence-corrected chi connectivity index (χ3v) is 2.28. The molecule has 0 amide bonds. The van der Waals surface area contributed by atoms with Crippen LogP contribution in [-0.2, 0) is 0 Å². The molecule has 0 atom stereocenters. The smallest absolute Gasteiger partial charge is 0.336 e. The summed E-state index contributed by atoms with van der Waals surface area (Å²) in [4.78, 5) is 10.9. The number of aromatic amines is 1. The van der Waals surface area contributed by atoms with Gasteiger partial charge in [-0.2, -0.15) is 5.10 Å². The number of halogens is 1. The molecule has 4 nitrogen and oxygen atoms in total. The van der Waals surface area contributed by atoms with Gasteiger partial charge in [-0.3, -0.25) is 5.10 Å². The first-order valence-corrected chi connectivity index (χ1v) is 4.80. The van der Waals surface area contributed by atoms with E-state index in [-0.39, 0.29) is 11.1 Å². The van der Waals surface area contributed by atoms with Crippen molar-refractivity contribution in [1.29, 1.82) is 0 Å². The Morgan fingerprint density at radius 1 is 1.44 bits per heavy atom. The normalized spacial score (nSPS) is 10.4. The zero-order valence-electron chi connectivity index (χ0n) is 7.94. The predicted octanol–water partition coefficient (Wildman–Crippen LogP) is 2.20. The number of hydrogen-bond acceptors (Lipinski definition) is 3. The molecule has 82 valence electrons. The van der Waals surface area contributed by atoms with E-state index in [1.165, 1.54) is 12.1 Å². The van der Waals surface area contributed by atoms with Crippen LogP contribution in [0, 0.1) is 5.82 Å². The molecule has 0 spiro atoms. The lowest BCUT2D eigenvalue weighted by Crippen LogP contribution is -2.00. The standard InChI is InChI=1S/C10H7FN2O2S/c11-5-1-2-6(10(14)15)7(3-5)8-4-9(16)13-12-8/h1-4H,(H,14,15)(H2,12,13,16). The summed E-state index contributed by atoms with van der Waals surface area (Å²) in [6.07, 6.45) is 0. The van der Waals surface area contributed by atoms with E-state index in [2.05, 4.69) is 22.8 Å². The summed E-state index contributed by atoms with van der Waals surface area (Å²) in [5.41, 5.74) is 0.576. The Balaban J connectivity index is 2.62. The Labute approximate surface area is 95.5 Å². The highest BCUT2D eigenvalue weighted by atomic mass is 32.1. The monoisotopic (exact) mass is 238 g/mol. The van der Waals surface area contributed by atoms with Gasteiger partial charge in [0, 0.05) is 5.56 Å². The van der Waals surface area contributed by atoms with Crippen molar-refractivity contribution in [3.05, 3.63) is 35.6 Å². The second kappa shape index (κ2) is 3.97. The second-order valence-electron chi connectivity index (χ2n) is 3.13. The summed E-state index contributed by atoms with van der Waals surface area (Å²) in [6, 6.07) is 4.97. The minimum Gasteiger partial charge on any atom is -0.478 e. The lowest BCUT2D eigenvalue weighted by molar-refractivity contribution is 0.0697. The van der Waals surface area contributed by atoms with Crippen LogP contribution in [0.3, 0.4) is 0 Å². The van der Waals surface area contributed by atoms with Gasteiger partial charge in [0.1, 0.15) is 5.82 Å². The molecule has 16 heavy (non-hydrogen) atoms. The van der Waals surface area contributed by atoms with Crippen molar-refractivity contribution in [2.75, 3.05) is 0 Å². The summed E-state index contributed by atoms with van der Waals surface area (Å²) in [7, 11) is 0. The number of aromatic carboxylic acids is 1. The van der Waals surface area contributed by atoms with Crippen molar-refractivity contribution < 1.29 is 14.3 Å². The fourth-order valence-corrected chi connectivity index (χ4v) is 1.54. The summed E-state index contributed by atoms with van der Waals surface area (Å²) in [5.74, 6) is -1.64. The van der Waals surface area contributed by atoms with Crippen molar-refractivity contribution in [3.63, 3.8) is 0 Å². The van der Waals surface area contributed by atoms with Crippen molar-refractivity contribution in [3.8, 4) is 11.3 Å². The second-order valence-corrected chi connectivity index (χ2v) is 3.62. The van der Waals surface area contributed by atoms with Crippen LogP contribution in [0.1, 0.15) is 10.4 Å². The van der Waals surface area contributed by atoms with E-state index >= 15 is 0 Å². The number of benzene rings is 1. The maximum atomic E-state index is 13.1. The average molecular weight is 238 g/mol. The zero-order chi connectivity index (χ0) is 11.7. The summed E-state index contributed by atoms with van der Waals surface area (Å²) < 4.78 is 13.1. The molecule has 2 aromatic rings. The van der Waals surface area contributed by atoms with E-state index in [4.69, 9.17) is 5.11 Å². The number of aromatic nitrogens is 2. The lowest BCUT2D eigenvalue weighted by Gasteiger charge is -2.02. The number of carbonyl (C=O) groups is 1. The molecule has 1 aromatic heterocycles. The van der Waals surface area contributed by atoms with E-state index in [0.717, 1.165) is 12.1 Å². The molecule has 0 bridgehead atoms. The van der Waals surface area contributed by atoms with Crippen LogP contribution in [0.15, 0.2) is 29.3 Å². The Morgan fingerprint density at radius 3 is 2.75 bits per heavy atom. The number of carboxylic acids is 1. The van der Waals surface area contributed by atoms with Crippen molar-refractivity contribution >= 4 is 18.6 Å². The highest BCUT2D eigenvalue weighted by Gasteiger charge is 2.14. The Bertz CT molecular complexity index is 554. The van der Waals surface area contributed by atoms with Gasteiger partial charge in [0.15, 0.2) is 0 Å². The van der Waals surface area contributed by atoms with Crippen molar-refractivity contribution in [1.82, 2.24) is 10.2 Å². The molecule has 2 N–H and O–H groups in total. The quantitative estimate of drug-likeness (QED) is 0.703. The van der Waals surface area contributed by atoms with Crippen LogP contribution in [0.2, 0.25) is 0 Å². The topological polar surface area (TPSA) is 66.0 Å². The van der Waals surface area contributed by atoms with Gasteiger partial charge in [0.25, 0.3) is 0 Å². The van der Waals surface area contributed by atoms with Gasteiger partial charge in [0.05, 0.1) is 16.3 Å². The first-order chi connectivity index (χ1) is 7.58. The highest BCUT2D eigenvalue weighted by Crippen LogP contribution is 2.24. The zero-order valence-corrected chi connectivity index (χ0v) is 8.83. The Morgan fingerprint density at radius 2 is 2.19 bits per heavy atom. The number of hydrogen-bond donors (Lipinski definition) is 3. The lowest BCUT2D eigenvalue weighted by atomic mass is 10.0. The molecule has 0 fully saturated rings. The molecule has 0 saturated heterocycles. The number of nitrogens with zero attached hydrogens (tertiary/aromatic N) is 1. The number of nitrogens with one attached hydrogen (secondary N) is 1. The fourth-order valence-electron chi connectivity index (χ4n) is 1.36. The highest BCUT2D eigenvalue weighted by molar-refractivity contribution is 7.80. The van der Waals surface area contributed by atoms with Crippen molar-refractivity contribution in [2.45, 2.75) is 5.03 Å². The van der Waals surface area contributed by atoms with E-state index in [9.17, 15) is 9.18 Å². The molecule has 0 aliphatic rings. The summed E-state index contributed by atoms with van der Waals surface area (Å²) in [6.45, 7) is 0. The molecular weight excluding hydrogens is 231 g/mol. The molecule has 2 rings (SSSR count). The van der Waals surface area contributed by atoms with Crippen LogP contribution in [-0.4, -0.2) is 21.3 Å². The van der Waals surface area contributed by atoms with Gasteiger partial charge < -0.3 is 5.11 Å². The van der Waals surface area contributed by atoms with Gasteiger partial charge in [-0.25, -0.2) is 9.18 Å². The molecule has 1 aromatic carbocycles. The van der Waals surface area contributed by atoms with Crippen molar-refractivity contribution in [2.24, 2.45) is 0 Å². The Kier molecular flexibility index (Phi) is 2.66. The molecule has 1 heterocycles. The molecule has 0 radical (unpaired) electrons. The molecule has 0 saturated carbocycles. The maximum absolute atomic E-state index is 13.1. The predicted molar refractivity (Wildman–Crippen MR) is 58.2 cm³/mol. The Hall–Kier alpha value is -1.82. The molecule has 0 aliphatic carbocycles. The first kappa shape index (κ1) is 10.7. The van der Waals surface area contributed by atoms with Gasteiger partial charge in [-0.05, 0) is 24.3 Å². The number of rotatable bonds is 2. The SMILES string of the molecule is O=C(O)c1ccc(F)cc1-c1cc(S)[nH]n1. The third kappa shape index (κ3) is 1.92. The molecule has 0 unspecified atom stereocenters. The van der Waals surface area contributed by atoms with Crippen LogP contribution in [0.5, 0.6) is 0 Å². The number of thiol groups is 1. The molecular formula is C10H7FN2O2S. The first-order valence-electron chi connectivity index (χ1n) is 4.35. The fraction of sp³-hybridized carbons (Fsp3) is 0. The largest absolute Gasteiger partial charge is 0.478 e. The summed E-state index contributed by atoms with van der Waals surface area (Å²) >= 11 is 4.01. The molecule has 6 heteroatoms. The van der Waals surface area contributed by atoms with Crippen LogP contribution < -0.4 is 0 Å². The van der Waals surface area contributed by atoms with E-state index in [1.807, 2.05) is 0 Å². The minimum atomic E-state index is -1.13. The van der Waals surface area contributed by atoms with Gasteiger partial charge >= 0.3 is 5.97 Å². The summed E-state index contributed by atoms with van der Waals surface area (Å²) in [5, 5.41) is 15.8. The molecule has 0 aliphatic heterocycles. The third-order valence-electron chi connectivity index (χ3n) is 2.05. The van der Waals surface area contributed by atoms with Crippen LogP contribution in [0.25, 0.3) is 11.3 Å². The van der Waals surface area contributed by atoms with Gasteiger partial charge in [-0.15, -0.1) is 12.6 Å². The minimum absolute atomic E-state index is 0.00114. The number of H-pyrrole nitrogens is 1. The van der Waals surface area contributed by atoms with E-state index in [0.29, 0.717) is 10.7 Å². The average Bonchev–Trinajstić information content (AvgIpc) is 2.64. The van der Waals surface area contributed by atoms with Crippen LogP contribution >= 0.6 is 12.6 Å². The van der Waals surface area contributed by atoms with Crippen LogP contribution in [0.4, 0.5) is 4.39 Å². The van der Waals surface area contributed by atoms with E-state index in [1.54, 1.807) is 0 Å². The number of carboxylic acid groups (broad SMARTS) is 1. The van der Waals surface area contributed by atoms with Gasteiger partial charge in [0.2, 0.25) is 0 Å². The van der Waals surface area contributed by atoms with E-state index < -0.39 is 11.8 Å².